The van der Waals surface area contributed by atoms with Crippen LogP contribution in [0.5, 0.6) is 0 Å². The Morgan fingerprint density at radius 1 is 0.340 bits per heavy atom. The minimum Gasteiger partial charge on any atom is -0.481 e. The van der Waals surface area contributed by atoms with Gasteiger partial charge in [-0.15, -0.1) is 0 Å². The normalized spacial score (nSPS) is 10.8. The monoisotopic (exact) mass is 660 g/mol. The van der Waals surface area contributed by atoms with Gasteiger partial charge in [0.25, 0.3) is 0 Å². The number of carboxylic acid groups (broad SMARTS) is 2. The minimum atomic E-state index is -0.790. The molecule has 0 bridgehead atoms. The Kier molecular flexibility index (Phi) is 11.0. The van der Waals surface area contributed by atoms with Crippen LogP contribution < -0.4 is 9.80 Å². The van der Waals surface area contributed by atoms with Crippen molar-refractivity contribution in [2.45, 2.75) is 38.5 Å². The van der Waals surface area contributed by atoms with E-state index in [0.29, 0.717) is 12.8 Å². The van der Waals surface area contributed by atoms with Crippen molar-refractivity contribution in [3.63, 3.8) is 0 Å². The Morgan fingerprint density at radius 2 is 0.580 bits per heavy atom. The van der Waals surface area contributed by atoms with Crippen molar-refractivity contribution in [3.05, 3.63) is 180 Å². The van der Waals surface area contributed by atoms with Gasteiger partial charge >= 0.3 is 11.9 Å². The number of carboxylic acids is 2. The molecular formula is C44H40N2O4. The van der Waals surface area contributed by atoms with Crippen molar-refractivity contribution in [2.24, 2.45) is 0 Å². The number of carbonyl (C=O) groups is 2. The van der Waals surface area contributed by atoms with Gasteiger partial charge in [0.1, 0.15) is 0 Å². The average Bonchev–Trinajstić information content (AvgIpc) is 3.15. The number of hydrogen-bond donors (Lipinski definition) is 2. The summed E-state index contributed by atoms with van der Waals surface area (Å²) in [5, 5.41) is 18.1. The molecule has 0 radical (unpaired) electrons. The Morgan fingerprint density at radius 3 is 0.840 bits per heavy atom. The Hall–Kier alpha value is -6.14. The highest BCUT2D eigenvalue weighted by molar-refractivity contribution is 5.78. The first-order valence-corrected chi connectivity index (χ1v) is 16.9. The summed E-state index contributed by atoms with van der Waals surface area (Å²) in [6.07, 6.45) is 3.07. The van der Waals surface area contributed by atoms with Crippen LogP contribution >= 0.6 is 0 Å². The van der Waals surface area contributed by atoms with Gasteiger partial charge in [-0.2, -0.15) is 0 Å². The molecule has 0 saturated heterocycles. The fraction of sp³-hybridized carbons (Fsp3) is 0.136. The van der Waals surface area contributed by atoms with Crippen LogP contribution in [-0.2, 0) is 35.3 Å². The highest BCUT2D eigenvalue weighted by Crippen LogP contribution is 2.36. The number of nitrogens with zero attached hydrogens (tertiary/aromatic N) is 2. The summed E-state index contributed by atoms with van der Waals surface area (Å²) in [5.74, 6) is -1.58. The number of para-hydroxylation sites is 2. The molecule has 0 aliphatic rings. The fourth-order valence-corrected chi connectivity index (χ4v) is 6.09. The molecule has 0 saturated carbocycles. The van der Waals surface area contributed by atoms with Crippen LogP contribution in [0.4, 0.5) is 34.1 Å². The summed E-state index contributed by atoms with van der Waals surface area (Å²) >= 11 is 0. The smallest absolute Gasteiger partial charge is 0.303 e. The van der Waals surface area contributed by atoms with Gasteiger partial charge in [-0.3, -0.25) is 9.59 Å². The maximum absolute atomic E-state index is 11.0. The maximum Gasteiger partial charge on any atom is 0.303 e. The number of rotatable bonds is 15. The number of benzene rings is 6. The lowest BCUT2D eigenvalue weighted by molar-refractivity contribution is -0.138. The zero-order chi connectivity index (χ0) is 34.7. The van der Waals surface area contributed by atoms with Crippen LogP contribution in [0.1, 0.15) is 35.1 Å². The maximum atomic E-state index is 11.0. The van der Waals surface area contributed by atoms with Gasteiger partial charge < -0.3 is 20.0 Å². The zero-order valence-corrected chi connectivity index (χ0v) is 27.9. The highest BCUT2D eigenvalue weighted by Gasteiger charge is 2.14. The molecule has 6 aromatic carbocycles. The molecule has 250 valence electrons. The molecule has 6 nitrogen and oxygen atoms in total. The molecule has 2 N–H and O–H groups in total. The van der Waals surface area contributed by atoms with E-state index in [1.807, 2.05) is 60.7 Å². The summed E-state index contributed by atoms with van der Waals surface area (Å²) in [4.78, 5) is 26.5. The molecule has 0 heterocycles. The van der Waals surface area contributed by atoms with E-state index in [0.717, 1.165) is 58.1 Å². The molecule has 0 amide bonds. The molecule has 6 rings (SSSR count). The molecule has 0 fully saturated rings. The summed E-state index contributed by atoms with van der Waals surface area (Å²) in [6.45, 7) is 0. The van der Waals surface area contributed by atoms with Gasteiger partial charge in [0.05, 0.1) is 0 Å². The second-order valence-corrected chi connectivity index (χ2v) is 12.3. The van der Waals surface area contributed by atoms with E-state index < -0.39 is 11.9 Å². The molecule has 0 aromatic heterocycles. The number of aryl methyl sites for hydroxylation is 4. The van der Waals surface area contributed by atoms with Gasteiger partial charge in [0, 0.05) is 47.0 Å². The van der Waals surface area contributed by atoms with Gasteiger partial charge in [-0.05, 0) is 121 Å². The van der Waals surface area contributed by atoms with Crippen LogP contribution in [0.25, 0.3) is 0 Å². The Labute approximate surface area is 293 Å². The summed E-state index contributed by atoms with van der Waals surface area (Å²) < 4.78 is 0. The van der Waals surface area contributed by atoms with E-state index in [1.54, 1.807) is 0 Å². The molecule has 6 aromatic rings. The van der Waals surface area contributed by atoms with Crippen LogP contribution in [0.3, 0.4) is 0 Å². The molecular weight excluding hydrogens is 620 g/mol. The number of aliphatic carboxylic acids is 2. The van der Waals surface area contributed by atoms with Gasteiger partial charge in [0.2, 0.25) is 0 Å². The molecule has 0 atom stereocenters. The second kappa shape index (κ2) is 16.3. The predicted octanol–water partition coefficient (Wildman–Crippen LogP) is 10.4. The summed E-state index contributed by atoms with van der Waals surface area (Å²) in [7, 11) is 0. The third-order valence-electron chi connectivity index (χ3n) is 8.76. The van der Waals surface area contributed by atoms with E-state index in [9.17, 15) is 9.59 Å². The van der Waals surface area contributed by atoms with Crippen molar-refractivity contribution in [2.75, 3.05) is 9.80 Å². The summed E-state index contributed by atoms with van der Waals surface area (Å²) in [6, 6.07) is 54.2. The number of anilines is 6. The van der Waals surface area contributed by atoms with Crippen LogP contribution in [0.15, 0.2) is 158 Å². The first kappa shape index (κ1) is 33.7. The second-order valence-electron chi connectivity index (χ2n) is 12.3. The van der Waals surface area contributed by atoms with Crippen LogP contribution in [0.2, 0.25) is 0 Å². The number of hydrogen-bond acceptors (Lipinski definition) is 4. The topological polar surface area (TPSA) is 81.1 Å². The SMILES string of the molecule is O=C(O)CCc1ccc(N(c2ccccc2)c2ccc(CCc3ccc(N(c4ccccc4)c4ccc(CCC(=O)O)cc4)cc3)cc2)cc1. The lowest BCUT2D eigenvalue weighted by Crippen LogP contribution is -2.10. The lowest BCUT2D eigenvalue weighted by Gasteiger charge is -2.26. The van der Waals surface area contributed by atoms with Crippen LogP contribution in [-0.4, -0.2) is 22.2 Å². The van der Waals surface area contributed by atoms with Crippen LogP contribution in [0, 0.1) is 0 Å². The zero-order valence-electron chi connectivity index (χ0n) is 27.9. The third kappa shape index (κ3) is 8.85. The van der Waals surface area contributed by atoms with Crippen molar-refractivity contribution in [1.82, 2.24) is 0 Å². The molecule has 6 heteroatoms. The Balaban J connectivity index is 1.15. The first-order valence-electron chi connectivity index (χ1n) is 16.9. The third-order valence-corrected chi connectivity index (χ3v) is 8.76. The lowest BCUT2D eigenvalue weighted by atomic mass is 10.0. The van der Waals surface area contributed by atoms with Gasteiger partial charge in [0.15, 0.2) is 0 Å². The quantitative estimate of drug-likeness (QED) is 0.114. The predicted molar refractivity (Wildman–Crippen MR) is 202 cm³/mol. The molecule has 0 aliphatic heterocycles. The molecule has 0 spiro atoms. The van der Waals surface area contributed by atoms with E-state index in [2.05, 4.69) is 107 Å². The fourth-order valence-electron chi connectivity index (χ4n) is 6.09. The molecule has 0 unspecified atom stereocenters. The highest BCUT2D eigenvalue weighted by atomic mass is 16.4. The average molecular weight is 661 g/mol. The Bertz CT molecular complexity index is 1830. The van der Waals surface area contributed by atoms with Crippen molar-refractivity contribution in [3.8, 4) is 0 Å². The largest absolute Gasteiger partial charge is 0.481 e. The van der Waals surface area contributed by atoms with E-state index in [1.165, 1.54) is 11.1 Å². The molecule has 50 heavy (non-hydrogen) atoms. The van der Waals surface area contributed by atoms with Gasteiger partial charge in [-0.25, -0.2) is 0 Å². The molecule has 0 aliphatic carbocycles. The van der Waals surface area contributed by atoms with E-state index >= 15 is 0 Å². The summed E-state index contributed by atoms with van der Waals surface area (Å²) in [5.41, 5.74) is 10.8. The van der Waals surface area contributed by atoms with Gasteiger partial charge in [-0.1, -0.05) is 84.9 Å². The standard InChI is InChI=1S/C44H40N2O4/c47-43(48)31-21-35-17-27-41(28-18-35)45(37-7-3-1-4-8-37)39-23-13-33(14-24-39)11-12-34-15-25-40(26-16-34)46(38-9-5-2-6-10-38)42-29-19-36(20-30-42)22-32-44(49)50/h1-10,13-20,23-30H,11-12,21-22,31-32H2,(H,47,48)(H,49,50). The van der Waals surface area contributed by atoms with E-state index in [4.69, 9.17) is 10.2 Å². The van der Waals surface area contributed by atoms with Crippen molar-refractivity contribution >= 4 is 46.1 Å². The van der Waals surface area contributed by atoms with E-state index in [-0.39, 0.29) is 12.8 Å². The van der Waals surface area contributed by atoms with Crippen molar-refractivity contribution in [1.29, 1.82) is 0 Å². The van der Waals surface area contributed by atoms with Crippen molar-refractivity contribution < 1.29 is 19.8 Å². The minimum absolute atomic E-state index is 0.118. The first-order chi connectivity index (χ1) is 24.4.